The third kappa shape index (κ3) is 7.34. The van der Waals surface area contributed by atoms with Gasteiger partial charge in [-0.05, 0) is 60.7 Å². The van der Waals surface area contributed by atoms with E-state index in [2.05, 4.69) is 47.1 Å². The summed E-state index contributed by atoms with van der Waals surface area (Å²) in [5.41, 5.74) is 5.51. The number of rotatable bonds is 14. The molecule has 0 unspecified atom stereocenters. The molecule has 3 saturated heterocycles. The van der Waals surface area contributed by atoms with E-state index in [1.807, 2.05) is 49.2 Å². The maximum absolute atomic E-state index is 14.6. The van der Waals surface area contributed by atoms with Gasteiger partial charge in [0.2, 0.25) is 6.79 Å². The third-order valence-electron chi connectivity index (χ3n) is 13.7. The minimum absolute atomic E-state index is 0.0549. The fourth-order valence-electron chi connectivity index (χ4n) is 11.0. The van der Waals surface area contributed by atoms with Gasteiger partial charge < -0.3 is 43.6 Å². The number of carbonyl (C=O) groups is 3. The average Bonchev–Trinajstić information content (AvgIpc) is 3.92. The molecule has 15 nitrogen and oxygen atoms in total. The highest BCUT2D eigenvalue weighted by molar-refractivity contribution is 7.99. The molecule has 0 radical (unpaired) electrons. The summed E-state index contributed by atoms with van der Waals surface area (Å²) in [6.45, 7) is 6.39. The lowest BCUT2D eigenvalue weighted by Gasteiger charge is -2.62. The molecule has 340 valence electrons. The molecular weight excluding hydrogens is 853 g/mol. The highest BCUT2D eigenvalue weighted by Crippen LogP contribution is 2.57. The first-order valence-corrected chi connectivity index (χ1v) is 22.8. The molecule has 6 aliphatic rings. The number of methoxy groups -OCH3 is 2. The maximum atomic E-state index is 14.6. The van der Waals surface area contributed by atoms with E-state index < -0.39 is 60.3 Å². The number of ether oxygens (including phenoxy) is 7. The molecular formula is C49H52N4O11S. The second kappa shape index (κ2) is 17.9. The summed E-state index contributed by atoms with van der Waals surface area (Å²) < 4.78 is 40.9. The van der Waals surface area contributed by atoms with Crippen molar-refractivity contribution in [3.8, 4) is 28.7 Å². The summed E-state index contributed by atoms with van der Waals surface area (Å²) in [5.74, 6) is 0.825. The number of nitrogens with one attached hydrogen (secondary N) is 1. The van der Waals surface area contributed by atoms with Crippen LogP contribution in [0.1, 0.15) is 53.1 Å². The van der Waals surface area contributed by atoms with Crippen LogP contribution in [0.3, 0.4) is 0 Å². The van der Waals surface area contributed by atoms with Gasteiger partial charge >= 0.3 is 12.1 Å². The molecule has 3 aromatic carbocycles. The molecule has 9 rings (SSSR count). The molecule has 7 atom stereocenters. The second-order valence-electron chi connectivity index (χ2n) is 17.1. The number of piperazine rings is 1. The molecule has 4 aliphatic heterocycles. The van der Waals surface area contributed by atoms with Gasteiger partial charge in [-0.2, -0.15) is 17.0 Å². The van der Waals surface area contributed by atoms with Crippen molar-refractivity contribution in [1.82, 2.24) is 15.1 Å². The van der Waals surface area contributed by atoms with Gasteiger partial charge in [0.25, 0.3) is 0 Å². The number of piperidine rings is 1. The van der Waals surface area contributed by atoms with Crippen LogP contribution in [0, 0.1) is 18.3 Å². The molecule has 3 aromatic rings. The predicted octanol–water partition coefficient (Wildman–Crippen LogP) is 5.45. The Morgan fingerprint density at radius 3 is 2.45 bits per heavy atom. The van der Waals surface area contributed by atoms with Crippen molar-refractivity contribution in [2.75, 3.05) is 59.6 Å². The van der Waals surface area contributed by atoms with E-state index in [4.69, 9.17) is 33.2 Å². The van der Waals surface area contributed by atoms with Crippen LogP contribution in [0.25, 0.3) is 11.1 Å². The molecule has 2 aliphatic carbocycles. The Kier molecular flexibility index (Phi) is 12.2. The Hall–Kier alpha value is -5.83. The number of likely N-dealkylation sites (N-methyl/N-ethyl adjacent to an activating group) is 1. The van der Waals surface area contributed by atoms with Crippen LogP contribution in [0.4, 0.5) is 4.79 Å². The van der Waals surface area contributed by atoms with Crippen LogP contribution < -0.4 is 14.8 Å². The van der Waals surface area contributed by atoms with Crippen LogP contribution in [-0.4, -0.2) is 128 Å². The Bertz CT molecular complexity index is 2510. The standard InChI is InChI=1S/C49H52N4O11S/c1-7-16-60-48(56)51-34(23-65-22-33-31-14-10-8-12-29(31)30-13-9-11-15-32(30)33)47(55)61-21-38-40-45-43(63-25-64-45)27(3)46(54)49(40,57)19-36-41-39-28(18-35(52(41)4)37(20-50)53(36)38)17-26(2)42(59-6)44(39)62-24-58-5/h7-15,17,33-38,41,57H,1,16,18-19,21-25H2,2-6H3,(H,51,56)/t34-,35+,36+,37+,38+,41+,49-/m1/s1. The number of nitrogens with zero attached hydrogens (tertiary/aromatic N) is 3. The van der Waals surface area contributed by atoms with Gasteiger partial charge in [0.15, 0.2) is 41.2 Å². The van der Waals surface area contributed by atoms with Crippen LogP contribution in [0.5, 0.6) is 11.5 Å². The average molecular weight is 905 g/mol. The number of benzene rings is 3. The predicted molar refractivity (Wildman–Crippen MR) is 239 cm³/mol. The Morgan fingerprint density at radius 2 is 1.77 bits per heavy atom. The Morgan fingerprint density at radius 1 is 1.06 bits per heavy atom. The van der Waals surface area contributed by atoms with Crippen molar-refractivity contribution < 1.29 is 52.6 Å². The van der Waals surface area contributed by atoms with Crippen molar-refractivity contribution >= 4 is 29.6 Å². The Balaban J connectivity index is 1.07. The van der Waals surface area contributed by atoms with E-state index in [0.29, 0.717) is 23.7 Å². The first kappa shape index (κ1) is 44.4. The van der Waals surface area contributed by atoms with E-state index in [1.165, 1.54) is 47.2 Å². The molecule has 0 saturated carbocycles. The van der Waals surface area contributed by atoms with E-state index in [-0.39, 0.29) is 67.0 Å². The van der Waals surface area contributed by atoms with Crippen molar-refractivity contribution in [3.63, 3.8) is 0 Å². The van der Waals surface area contributed by atoms with Crippen LogP contribution in [-0.2, 0) is 39.7 Å². The molecule has 0 aromatic heterocycles. The Labute approximate surface area is 381 Å². The number of nitriles is 1. The largest absolute Gasteiger partial charge is 0.493 e. The van der Waals surface area contributed by atoms with Crippen LogP contribution >= 0.6 is 11.8 Å². The summed E-state index contributed by atoms with van der Waals surface area (Å²) in [7, 11) is 5.03. The first-order valence-electron chi connectivity index (χ1n) is 21.6. The molecule has 65 heavy (non-hydrogen) atoms. The lowest BCUT2D eigenvalue weighted by atomic mass is 9.65. The van der Waals surface area contributed by atoms with Crippen LogP contribution in [0.2, 0.25) is 0 Å². The maximum Gasteiger partial charge on any atom is 0.408 e. The normalized spacial score (nSPS) is 25.6. The molecule has 1 amide bonds. The number of amides is 1. The smallest absolute Gasteiger partial charge is 0.408 e. The molecule has 4 heterocycles. The molecule has 0 spiro atoms. The molecule has 2 bridgehead atoms. The van der Waals surface area contributed by atoms with Crippen molar-refractivity contribution in [3.05, 3.63) is 118 Å². The molecule has 2 N–H and O–H groups in total. The van der Waals surface area contributed by atoms with Gasteiger partial charge in [0, 0.05) is 59.7 Å². The van der Waals surface area contributed by atoms with Crippen molar-refractivity contribution in [2.24, 2.45) is 0 Å². The van der Waals surface area contributed by atoms with Gasteiger partial charge in [0.1, 0.15) is 25.3 Å². The number of alkyl carbamates (subject to hydrolysis) is 1. The highest BCUT2D eigenvalue weighted by atomic mass is 32.2. The van der Waals surface area contributed by atoms with Crippen LogP contribution in [0.15, 0.2) is 89.9 Å². The number of carbonyl (C=O) groups excluding carboxylic acids is 3. The first-order chi connectivity index (χ1) is 31.5. The lowest BCUT2D eigenvalue weighted by Crippen LogP contribution is -2.74. The SMILES string of the molecule is C=CCOC(=O)N[C@H](CSCC1c2ccccc2-c2ccccc21)C(=O)OC[C@H]1C2=C3OCOC3=C(C)C(=O)[C@@]2(O)C[C@H]2[C@H]3c4c(cc(C)c(OC)c4OCOC)C[C@@H]([C@H](C#N)N12)N3C. The van der Waals surface area contributed by atoms with Gasteiger partial charge in [-0.15, -0.1) is 0 Å². The quantitative estimate of drug-likeness (QED) is 0.119. The van der Waals surface area contributed by atoms with Gasteiger partial charge in [-0.1, -0.05) is 67.3 Å². The third-order valence-corrected chi connectivity index (χ3v) is 14.8. The number of esters is 1. The summed E-state index contributed by atoms with van der Waals surface area (Å²) in [5, 5.41) is 26.8. The molecule has 3 fully saturated rings. The zero-order valence-corrected chi connectivity index (χ0v) is 37.8. The van der Waals surface area contributed by atoms with E-state index >= 15 is 0 Å². The zero-order chi connectivity index (χ0) is 45.7. The minimum atomic E-state index is -2.14. The second-order valence-corrected chi connectivity index (χ2v) is 18.2. The van der Waals surface area contributed by atoms with E-state index in [0.717, 1.165) is 16.7 Å². The number of hydrogen-bond donors (Lipinski definition) is 2. The summed E-state index contributed by atoms with van der Waals surface area (Å²) in [6, 6.07) is 16.5. The number of aliphatic hydroxyl groups is 1. The number of fused-ring (bicyclic) bond motifs is 11. The number of thioether (sulfide) groups is 1. The van der Waals surface area contributed by atoms with Crippen molar-refractivity contribution in [2.45, 2.75) is 74.5 Å². The highest BCUT2D eigenvalue weighted by Gasteiger charge is 2.64. The van der Waals surface area contributed by atoms with Gasteiger partial charge in [0.05, 0.1) is 25.3 Å². The lowest BCUT2D eigenvalue weighted by molar-refractivity contribution is -0.159. The summed E-state index contributed by atoms with van der Waals surface area (Å²) in [4.78, 5) is 46.2. The number of Topliss-reactive ketones (excluding diaryl/α,β-unsaturated/α-hetero) is 1. The fourth-order valence-corrected chi connectivity index (χ4v) is 12.2. The monoisotopic (exact) mass is 904 g/mol. The van der Waals surface area contributed by atoms with E-state index in [9.17, 15) is 24.8 Å². The fraction of sp³-hybridized carbons (Fsp3) is 0.429. The summed E-state index contributed by atoms with van der Waals surface area (Å²) in [6.07, 6.45) is 0.921. The van der Waals surface area contributed by atoms with E-state index in [1.54, 1.807) is 14.0 Å². The minimum Gasteiger partial charge on any atom is -0.493 e. The van der Waals surface area contributed by atoms with Gasteiger partial charge in [-0.3, -0.25) is 14.6 Å². The number of ketones is 1. The number of hydrogen-bond acceptors (Lipinski definition) is 15. The zero-order valence-electron chi connectivity index (χ0n) is 37.0. The summed E-state index contributed by atoms with van der Waals surface area (Å²) >= 11 is 1.49. The topological polar surface area (TPSA) is 178 Å². The van der Waals surface area contributed by atoms with Crippen molar-refractivity contribution in [1.29, 1.82) is 5.26 Å². The van der Waals surface area contributed by atoms with Gasteiger partial charge in [-0.25, -0.2) is 9.59 Å². The number of aryl methyl sites for hydroxylation is 1. The molecule has 16 heteroatoms.